The van der Waals surface area contributed by atoms with E-state index in [1.54, 1.807) is 30.3 Å². The maximum Gasteiger partial charge on any atom is 0.416 e. The van der Waals surface area contributed by atoms with Gasteiger partial charge >= 0.3 is 12.1 Å². The summed E-state index contributed by atoms with van der Waals surface area (Å²) in [5.74, 6) is -1.60. The van der Waals surface area contributed by atoms with Gasteiger partial charge in [0.05, 0.1) is 21.3 Å². The zero-order chi connectivity index (χ0) is 19.3. The number of nitro groups is 1. The zero-order valence-corrected chi connectivity index (χ0v) is 13.9. The average molecular weight is 387 g/mol. The van der Waals surface area contributed by atoms with E-state index in [9.17, 15) is 32.3 Å². The van der Waals surface area contributed by atoms with Gasteiger partial charge in [-0.3, -0.25) is 19.1 Å². The number of hydrogen-bond donors (Lipinski definition) is 0. The molecule has 2 aromatic carbocycles. The first-order chi connectivity index (χ1) is 12.2. The SMILES string of the molecule is O=C(C[S@@](=O)c1ccc(C(F)(F)F)cc1[N+](=O)[O-])OCc1ccccc1. The van der Waals surface area contributed by atoms with Gasteiger partial charge in [0.1, 0.15) is 17.3 Å². The fourth-order valence-electron chi connectivity index (χ4n) is 1.99. The summed E-state index contributed by atoms with van der Waals surface area (Å²) < 4.78 is 55.1. The fraction of sp³-hybridized carbons (Fsp3) is 0.188. The highest BCUT2D eigenvalue weighted by Gasteiger charge is 2.34. The van der Waals surface area contributed by atoms with Crippen molar-refractivity contribution in [2.75, 3.05) is 5.75 Å². The Balaban J connectivity index is 2.11. The first kappa shape index (κ1) is 19.6. The summed E-state index contributed by atoms with van der Waals surface area (Å²) >= 11 is 0. The molecule has 0 saturated carbocycles. The van der Waals surface area contributed by atoms with Crippen molar-refractivity contribution in [3.05, 3.63) is 69.8 Å². The van der Waals surface area contributed by atoms with Gasteiger partial charge in [0.15, 0.2) is 0 Å². The van der Waals surface area contributed by atoms with Gasteiger partial charge in [-0.1, -0.05) is 30.3 Å². The molecule has 0 spiro atoms. The Morgan fingerprint density at radius 3 is 2.38 bits per heavy atom. The van der Waals surface area contributed by atoms with Crippen LogP contribution >= 0.6 is 0 Å². The van der Waals surface area contributed by atoms with Gasteiger partial charge in [-0.25, -0.2) is 0 Å². The zero-order valence-electron chi connectivity index (χ0n) is 13.1. The lowest BCUT2D eigenvalue weighted by atomic mass is 10.2. The van der Waals surface area contributed by atoms with E-state index < -0.39 is 49.8 Å². The number of carbonyl (C=O) groups excluding carboxylic acids is 1. The molecular formula is C16H12F3NO5S. The van der Waals surface area contributed by atoms with E-state index in [2.05, 4.69) is 0 Å². The standard InChI is InChI=1S/C16H12F3NO5S/c17-16(18,19)12-6-7-14(13(8-12)20(22)23)26(24)10-15(21)25-9-11-4-2-1-3-5-11/h1-8H,9-10H2/t26-/m1/s1. The van der Waals surface area contributed by atoms with Crippen LogP contribution < -0.4 is 0 Å². The van der Waals surface area contributed by atoms with Crippen LogP contribution in [0, 0.1) is 10.1 Å². The molecule has 0 aliphatic carbocycles. The summed E-state index contributed by atoms with van der Waals surface area (Å²) in [6.07, 6.45) is -4.78. The number of esters is 1. The third-order valence-electron chi connectivity index (χ3n) is 3.22. The van der Waals surface area contributed by atoms with Gasteiger partial charge in [0.25, 0.3) is 5.69 Å². The molecule has 0 aliphatic rings. The quantitative estimate of drug-likeness (QED) is 0.430. The van der Waals surface area contributed by atoms with E-state index in [1.165, 1.54) is 0 Å². The molecule has 10 heteroatoms. The number of halogens is 3. The highest BCUT2D eigenvalue weighted by Crippen LogP contribution is 2.34. The Kier molecular flexibility index (Phi) is 6.09. The average Bonchev–Trinajstić information content (AvgIpc) is 2.59. The minimum atomic E-state index is -4.78. The third-order valence-corrected chi connectivity index (χ3v) is 4.55. The molecule has 2 aromatic rings. The monoisotopic (exact) mass is 387 g/mol. The van der Waals surface area contributed by atoms with Gasteiger partial charge < -0.3 is 4.74 Å². The largest absolute Gasteiger partial charge is 0.460 e. The molecule has 0 unspecified atom stereocenters. The van der Waals surface area contributed by atoms with E-state index >= 15 is 0 Å². The Morgan fingerprint density at radius 1 is 1.15 bits per heavy atom. The van der Waals surface area contributed by atoms with Crippen LogP contribution in [0.5, 0.6) is 0 Å². The van der Waals surface area contributed by atoms with Crippen LogP contribution in [0.2, 0.25) is 0 Å². The number of benzene rings is 2. The number of alkyl halides is 3. The van der Waals surface area contributed by atoms with Crippen LogP contribution in [-0.2, 0) is 33.1 Å². The molecule has 0 aromatic heterocycles. The predicted octanol–water partition coefficient (Wildman–Crippen LogP) is 3.46. The van der Waals surface area contributed by atoms with Crippen LogP contribution in [0.15, 0.2) is 53.4 Å². The van der Waals surface area contributed by atoms with E-state index in [1.807, 2.05) is 0 Å². The second-order valence-electron chi connectivity index (χ2n) is 5.07. The van der Waals surface area contributed by atoms with Crippen molar-refractivity contribution in [3.8, 4) is 0 Å². The molecule has 0 amide bonds. The molecule has 0 heterocycles. The van der Waals surface area contributed by atoms with Gasteiger partial charge in [0.2, 0.25) is 0 Å². The van der Waals surface area contributed by atoms with Gasteiger partial charge in [-0.2, -0.15) is 13.2 Å². The molecule has 0 bridgehead atoms. The Morgan fingerprint density at radius 2 is 1.81 bits per heavy atom. The van der Waals surface area contributed by atoms with Crippen molar-refractivity contribution >= 4 is 22.5 Å². The second kappa shape index (κ2) is 8.09. The molecular weight excluding hydrogens is 375 g/mol. The molecule has 1 atom stereocenters. The van der Waals surface area contributed by atoms with Crippen molar-refractivity contribution < 1.29 is 31.8 Å². The van der Waals surface area contributed by atoms with Crippen LogP contribution in [0.4, 0.5) is 18.9 Å². The molecule has 0 N–H and O–H groups in total. The molecule has 6 nitrogen and oxygen atoms in total. The number of nitro benzene ring substituents is 1. The first-order valence-electron chi connectivity index (χ1n) is 7.12. The van der Waals surface area contributed by atoms with E-state index in [0.717, 1.165) is 6.07 Å². The number of ether oxygens (including phenoxy) is 1. The van der Waals surface area contributed by atoms with E-state index in [4.69, 9.17) is 4.74 Å². The van der Waals surface area contributed by atoms with E-state index in [-0.39, 0.29) is 6.61 Å². The maximum absolute atomic E-state index is 12.7. The van der Waals surface area contributed by atoms with Crippen molar-refractivity contribution in [1.29, 1.82) is 0 Å². The van der Waals surface area contributed by atoms with Crippen LogP contribution in [-0.4, -0.2) is 20.9 Å². The number of hydrogen-bond acceptors (Lipinski definition) is 5. The Bertz CT molecular complexity index is 840. The molecule has 0 fully saturated rings. The third kappa shape index (κ3) is 5.12. The maximum atomic E-state index is 12.7. The van der Waals surface area contributed by atoms with E-state index in [0.29, 0.717) is 17.7 Å². The predicted molar refractivity (Wildman–Crippen MR) is 85.6 cm³/mol. The van der Waals surface area contributed by atoms with Crippen molar-refractivity contribution in [3.63, 3.8) is 0 Å². The second-order valence-corrected chi connectivity index (χ2v) is 6.49. The summed E-state index contributed by atoms with van der Waals surface area (Å²) in [4.78, 5) is 21.2. The highest BCUT2D eigenvalue weighted by atomic mass is 32.2. The topological polar surface area (TPSA) is 86.5 Å². The summed E-state index contributed by atoms with van der Waals surface area (Å²) in [6, 6.07) is 10.2. The molecule has 0 radical (unpaired) electrons. The smallest absolute Gasteiger partial charge is 0.416 e. The van der Waals surface area contributed by atoms with Crippen LogP contribution in [0.25, 0.3) is 0 Å². The van der Waals surface area contributed by atoms with Gasteiger partial charge in [-0.15, -0.1) is 0 Å². The summed E-state index contributed by atoms with van der Waals surface area (Å²) in [5.41, 5.74) is -1.52. The lowest BCUT2D eigenvalue weighted by Gasteiger charge is -2.09. The lowest BCUT2D eigenvalue weighted by Crippen LogP contribution is -2.15. The number of nitrogens with zero attached hydrogens (tertiary/aromatic N) is 1. The van der Waals surface area contributed by atoms with Crippen molar-refractivity contribution in [2.45, 2.75) is 17.7 Å². The van der Waals surface area contributed by atoms with Crippen LogP contribution in [0.1, 0.15) is 11.1 Å². The summed E-state index contributed by atoms with van der Waals surface area (Å²) in [5, 5.41) is 11.0. The lowest BCUT2D eigenvalue weighted by molar-refractivity contribution is -0.388. The minimum absolute atomic E-state index is 0.0774. The number of carbonyl (C=O) groups is 1. The highest BCUT2D eigenvalue weighted by molar-refractivity contribution is 7.85. The molecule has 0 aliphatic heterocycles. The van der Waals surface area contributed by atoms with Crippen molar-refractivity contribution in [1.82, 2.24) is 0 Å². The number of rotatable bonds is 6. The van der Waals surface area contributed by atoms with Gasteiger partial charge in [-0.05, 0) is 17.7 Å². The van der Waals surface area contributed by atoms with Crippen LogP contribution in [0.3, 0.4) is 0 Å². The Labute approximate surface area is 148 Å². The summed E-state index contributed by atoms with van der Waals surface area (Å²) in [6.45, 7) is -0.0774. The molecule has 0 saturated heterocycles. The minimum Gasteiger partial charge on any atom is -0.460 e. The Hall–Kier alpha value is -2.75. The fourth-order valence-corrected chi connectivity index (χ4v) is 3.03. The molecule has 2 rings (SSSR count). The van der Waals surface area contributed by atoms with Gasteiger partial charge in [0, 0.05) is 6.07 Å². The summed E-state index contributed by atoms with van der Waals surface area (Å²) in [7, 11) is -2.22. The molecule has 26 heavy (non-hydrogen) atoms. The molecule has 138 valence electrons. The normalized spacial score (nSPS) is 12.4. The van der Waals surface area contributed by atoms with Crippen molar-refractivity contribution in [2.24, 2.45) is 0 Å². The first-order valence-corrected chi connectivity index (χ1v) is 8.44.